The van der Waals surface area contributed by atoms with Crippen molar-refractivity contribution in [3.05, 3.63) is 205 Å². The summed E-state index contributed by atoms with van der Waals surface area (Å²) in [5, 5.41) is 4.84. The molecule has 4 nitrogen and oxygen atoms in total. The van der Waals surface area contributed by atoms with Crippen molar-refractivity contribution in [1.82, 2.24) is 4.48 Å². The van der Waals surface area contributed by atoms with Crippen LogP contribution in [0.2, 0.25) is 0 Å². The molecule has 0 saturated heterocycles. The van der Waals surface area contributed by atoms with Crippen LogP contribution in [0, 0.1) is 0 Å². The van der Waals surface area contributed by atoms with Crippen LogP contribution in [0.5, 0.6) is 0 Å². The highest BCUT2D eigenvalue weighted by atomic mass is 16.3. The van der Waals surface area contributed by atoms with Gasteiger partial charge in [-0.25, -0.2) is 0 Å². The van der Waals surface area contributed by atoms with Gasteiger partial charge in [-0.2, -0.15) is 0 Å². The Morgan fingerprint density at radius 2 is 1.03 bits per heavy atom. The lowest BCUT2D eigenvalue weighted by atomic mass is 9.45. The first kappa shape index (κ1) is 43.3. The van der Waals surface area contributed by atoms with Crippen LogP contribution in [-0.2, 0) is 16.2 Å². The molecular weight excluding hydrogens is 862 g/mol. The van der Waals surface area contributed by atoms with E-state index in [0.29, 0.717) is 0 Å². The van der Waals surface area contributed by atoms with Gasteiger partial charge in [0.2, 0.25) is 0 Å². The van der Waals surface area contributed by atoms with Gasteiger partial charge in [0, 0.05) is 66.5 Å². The third-order valence-electron chi connectivity index (χ3n) is 15.4. The topological polar surface area (TPSA) is 24.6 Å². The zero-order valence-corrected chi connectivity index (χ0v) is 42.2. The van der Waals surface area contributed by atoms with Crippen LogP contribution >= 0.6 is 0 Å². The molecule has 2 aliphatic rings. The molecule has 346 valence electrons. The number of anilines is 6. The molecule has 0 unspecified atom stereocenters. The summed E-state index contributed by atoms with van der Waals surface area (Å²) in [7, 11) is 0. The third kappa shape index (κ3) is 6.66. The Balaban J connectivity index is 1.23. The summed E-state index contributed by atoms with van der Waals surface area (Å²) >= 11 is 0. The number of rotatable bonds is 5. The first-order chi connectivity index (χ1) is 34.1. The Bertz CT molecular complexity index is 3900. The largest absolute Gasteiger partial charge is 0.454 e. The quantitative estimate of drug-likeness (QED) is 0.161. The molecule has 0 N–H and O–H groups in total. The fourth-order valence-electron chi connectivity index (χ4n) is 11.7. The summed E-state index contributed by atoms with van der Waals surface area (Å²) in [4.78, 5) is 4.98. The highest BCUT2D eigenvalue weighted by Gasteiger charge is 2.46. The number of aromatic nitrogens is 1. The Kier molecular flexibility index (Phi) is 9.37. The van der Waals surface area contributed by atoms with Crippen LogP contribution < -0.4 is 20.7 Å². The van der Waals surface area contributed by atoms with Gasteiger partial charge in [0.15, 0.2) is 5.58 Å². The fraction of sp³-hybridized carbons (Fsp3) is 0.182. The predicted molar refractivity (Wildman–Crippen MR) is 303 cm³/mol. The molecule has 0 atom stereocenters. The second-order valence-corrected chi connectivity index (χ2v) is 23.0. The number of para-hydroxylation sites is 3. The zero-order valence-electron chi connectivity index (χ0n) is 42.2. The fourth-order valence-corrected chi connectivity index (χ4v) is 11.7. The summed E-state index contributed by atoms with van der Waals surface area (Å²) in [5.74, 6) is 0. The van der Waals surface area contributed by atoms with Gasteiger partial charge in [-0.05, 0) is 140 Å². The van der Waals surface area contributed by atoms with E-state index in [0.717, 1.165) is 56.1 Å². The number of hydrogen-bond acceptors (Lipinski definition) is 3. The van der Waals surface area contributed by atoms with Gasteiger partial charge in [0.05, 0.1) is 11.4 Å². The van der Waals surface area contributed by atoms with E-state index in [1.807, 2.05) is 0 Å². The Hall–Kier alpha value is -7.76. The molecule has 0 aliphatic carbocycles. The first-order valence-corrected chi connectivity index (χ1v) is 25.3. The van der Waals surface area contributed by atoms with Gasteiger partial charge in [-0.1, -0.05) is 165 Å². The maximum atomic E-state index is 7.33. The summed E-state index contributed by atoms with van der Waals surface area (Å²) in [5.41, 5.74) is 22.0. The van der Waals surface area contributed by atoms with Gasteiger partial charge in [0.1, 0.15) is 5.58 Å². The maximum Gasteiger partial charge on any atom is 0.333 e. The van der Waals surface area contributed by atoms with Crippen molar-refractivity contribution >= 4 is 95.6 Å². The third-order valence-corrected chi connectivity index (χ3v) is 15.4. The maximum absolute atomic E-state index is 7.33. The first-order valence-electron chi connectivity index (χ1n) is 25.3. The van der Waals surface area contributed by atoms with Crippen molar-refractivity contribution in [2.45, 2.75) is 78.6 Å². The van der Waals surface area contributed by atoms with E-state index in [1.54, 1.807) is 0 Å². The van der Waals surface area contributed by atoms with Crippen molar-refractivity contribution in [2.24, 2.45) is 0 Å². The molecule has 0 spiro atoms. The minimum Gasteiger partial charge on any atom is -0.454 e. The van der Waals surface area contributed by atoms with Crippen LogP contribution in [0.25, 0.3) is 66.0 Å². The van der Waals surface area contributed by atoms with Crippen LogP contribution in [0.1, 0.15) is 79.0 Å². The van der Waals surface area contributed by atoms with Gasteiger partial charge in [0.25, 0.3) is 0 Å². The predicted octanol–water partition coefficient (Wildman–Crippen LogP) is 17.1. The monoisotopic (exact) mass is 919 g/mol. The zero-order chi connectivity index (χ0) is 48.7. The molecular formula is C66H58BN3O. The van der Waals surface area contributed by atoms with Crippen molar-refractivity contribution < 1.29 is 4.42 Å². The van der Waals surface area contributed by atoms with Crippen molar-refractivity contribution in [1.29, 1.82) is 0 Å². The minimum absolute atomic E-state index is 0.0222. The molecule has 5 heteroatoms. The minimum atomic E-state index is -0.178. The van der Waals surface area contributed by atoms with E-state index in [9.17, 15) is 0 Å². The molecule has 0 saturated carbocycles. The van der Waals surface area contributed by atoms with E-state index in [4.69, 9.17) is 4.42 Å². The second-order valence-electron chi connectivity index (χ2n) is 23.0. The van der Waals surface area contributed by atoms with Crippen LogP contribution in [0.15, 0.2) is 192 Å². The molecule has 4 heterocycles. The van der Waals surface area contributed by atoms with Crippen LogP contribution in [0.4, 0.5) is 34.1 Å². The normalized spacial score (nSPS) is 13.4. The van der Waals surface area contributed by atoms with Gasteiger partial charge in [-0.15, -0.1) is 0 Å². The molecule has 2 aliphatic heterocycles. The van der Waals surface area contributed by atoms with Gasteiger partial charge >= 0.3 is 6.85 Å². The number of furan rings is 1. The van der Waals surface area contributed by atoms with Crippen LogP contribution in [0.3, 0.4) is 0 Å². The van der Waals surface area contributed by atoms with Crippen LogP contribution in [-0.4, -0.2) is 11.3 Å². The number of hydrogen-bond donors (Lipinski definition) is 0. The Morgan fingerprint density at radius 3 is 1.70 bits per heavy atom. The Labute approximate surface area is 417 Å². The molecule has 0 fully saturated rings. The highest BCUT2D eigenvalue weighted by Crippen LogP contribution is 2.53. The molecule has 2 aromatic heterocycles. The summed E-state index contributed by atoms with van der Waals surface area (Å²) in [6.45, 7) is 20.8. The molecule has 71 heavy (non-hydrogen) atoms. The van der Waals surface area contributed by atoms with Gasteiger partial charge < -0.3 is 18.7 Å². The van der Waals surface area contributed by atoms with E-state index in [2.05, 4.69) is 265 Å². The van der Waals surface area contributed by atoms with E-state index in [1.165, 1.54) is 71.7 Å². The number of nitrogens with zero attached hydrogens (tertiary/aromatic N) is 3. The SMILES string of the molecule is CC(C)(C)c1ccc(N2c3cc(N(c4ccccc4)c4ccccc4)ccc3B3c4c(cc5c(oc6ccccc65)c42)-c2cc(C(C)(C)C)cc4c5cc(C(C)(C)C)ccc5n3c24)c(-c2ccccc2)c1. The molecule has 0 bridgehead atoms. The summed E-state index contributed by atoms with van der Waals surface area (Å²) < 4.78 is 10.0. The van der Waals surface area contributed by atoms with Crippen molar-refractivity contribution in [3.63, 3.8) is 0 Å². The van der Waals surface area contributed by atoms with E-state index < -0.39 is 0 Å². The Morgan fingerprint density at radius 1 is 0.437 bits per heavy atom. The van der Waals surface area contributed by atoms with Crippen molar-refractivity contribution in [3.8, 4) is 22.3 Å². The molecule has 13 rings (SSSR count). The molecule has 0 amide bonds. The summed E-state index contributed by atoms with van der Waals surface area (Å²) in [6.07, 6.45) is 0. The average Bonchev–Trinajstić information content (AvgIpc) is 3.91. The lowest BCUT2D eigenvalue weighted by molar-refractivity contribution is 0.590. The number of benzene rings is 9. The number of fused-ring (bicyclic) bond motifs is 11. The lowest BCUT2D eigenvalue weighted by Crippen LogP contribution is -2.56. The molecule has 11 aromatic rings. The smallest absolute Gasteiger partial charge is 0.333 e. The molecule has 0 radical (unpaired) electrons. The second kappa shape index (κ2) is 15.4. The van der Waals surface area contributed by atoms with Crippen molar-refractivity contribution in [2.75, 3.05) is 9.80 Å². The lowest BCUT2D eigenvalue weighted by Gasteiger charge is -2.42. The van der Waals surface area contributed by atoms with E-state index >= 15 is 0 Å². The molecule has 9 aromatic carbocycles. The summed E-state index contributed by atoms with van der Waals surface area (Å²) in [6, 6.07) is 70.3. The average molecular weight is 920 g/mol. The van der Waals surface area contributed by atoms with Gasteiger partial charge in [-0.3, -0.25) is 0 Å². The highest BCUT2D eigenvalue weighted by molar-refractivity contribution is 6.90. The standard InChI is InChI=1S/C66H58BN3O/c1-64(2,3)42-29-33-56(49(35-42)41-21-13-10-14-22-41)69-58-39-47(68(45-23-15-11-16-24-45)46-25-17-12-18-26-46)31-32-55(58)67-60-51(40-54-48-27-19-20-28-59(48)71-63(54)62(60)69)53-38-44(66(7,8)9)37-52-50-36-43(65(4,5)6)30-34-57(50)70(67)61(52)53/h10-40H,1-9H3. The van der Waals surface area contributed by atoms with E-state index in [-0.39, 0.29) is 23.1 Å².